The first kappa shape index (κ1) is 14.0. The monoisotopic (exact) mass is 214 g/mol. The molecule has 0 aliphatic heterocycles. The number of carbonyl (C=O) groups is 1. The van der Waals surface area contributed by atoms with Gasteiger partial charge in [-0.15, -0.1) is 0 Å². The minimum absolute atomic E-state index is 0.373. The van der Waals surface area contributed by atoms with E-state index in [0.717, 1.165) is 0 Å². The average Bonchev–Trinajstić information content (AvgIpc) is 2.10. The highest BCUT2D eigenvalue weighted by atomic mass is 16.6. The molecule has 4 heteroatoms. The van der Waals surface area contributed by atoms with E-state index in [0.29, 0.717) is 25.3 Å². The summed E-state index contributed by atoms with van der Waals surface area (Å²) in [6.45, 7) is 13.0. The fourth-order valence-corrected chi connectivity index (χ4v) is 1.11. The topological polar surface area (TPSA) is 55.6 Å². The number of carbonyl (C=O) groups excluding carboxylic acids is 1. The van der Waals surface area contributed by atoms with Crippen LogP contribution in [0.4, 0.5) is 0 Å². The predicted molar refractivity (Wildman–Crippen MR) is 61.3 cm³/mol. The van der Waals surface area contributed by atoms with Crippen LogP contribution >= 0.6 is 0 Å². The third-order valence-electron chi connectivity index (χ3n) is 1.80. The van der Waals surface area contributed by atoms with E-state index in [-0.39, 0.29) is 5.97 Å². The Morgan fingerprint density at radius 3 is 2.33 bits per heavy atom. The molecule has 0 aromatic rings. The van der Waals surface area contributed by atoms with Crippen LogP contribution in [0.25, 0.3) is 0 Å². The fraction of sp³-hybridized carbons (Fsp3) is 0.727. The fourth-order valence-electron chi connectivity index (χ4n) is 1.11. The van der Waals surface area contributed by atoms with Gasteiger partial charge in [-0.2, -0.15) is 0 Å². The predicted octanol–water partition coefficient (Wildman–Crippen LogP) is 1.12. The molecule has 15 heavy (non-hydrogen) atoms. The van der Waals surface area contributed by atoms with Crippen LogP contribution in [0.5, 0.6) is 0 Å². The molecule has 0 saturated heterocycles. The van der Waals surface area contributed by atoms with Crippen LogP contribution in [0.1, 0.15) is 27.7 Å². The Kier molecular flexibility index (Phi) is 5.36. The van der Waals surface area contributed by atoms with Gasteiger partial charge in [0.25, 0.3) is 0 Å². The maximum atomic E-state index is 11.6. The van der Waals surface area contributed by atoms with Gasteiger partial charge in [0, 0.05) is 19.6 Å². The van der Waals surface area contributed by atoms with Crippen molar-refractivity contribution in [2.24, 2.45) is 5.73 Å². The summed E-state index contributed by atoms with van der Waals surface area (Å²) in [5.41, 5.74) is 5.32. The lowest BCUT2D eigenvalue weighted by Gasteiger charge is -2.26. The molecule has 0 rings (SSSR count). The minimum Gasteiger partial charge on any atom is -0.455 e. The second kappa shape index (κ2) is 5.75. The van der Waals surface area contributed by atoms with E-state index in [4.69, 9.17) is 10.5 Å². The standard InChI is InChI=1S/C11H22N2O2/c1-6-13(8-7-12)9(2)10(14)15-11(3,4)5/h2,6-8,12H2,1,3-5H3. The van der Waals surface area contributed by atoms with Gasteiger partial charge in [0.2, 0.25) is 0 Å². The van der Waals surface area contributed by atoms with Gasteiger partial charge in [0.15, 0.2) is 0 Å². The van der Waals surface area contributed by atoms with Crippen LogP contribution in [0, 0.1) is 0 Å². The van der Waals surface area contributed by atoms with Crippen LogP contribution in [0.3, 0.4) is 0 Å². The van der Waals surface area contributed by atoms with E-state index >= 15 is 0 Å². The summed E-state index contributed by atoms with van der Waals surface area (Å²) >= 11 is 0. The van der Waals surface area contributed by atoms with Crippen LogP contribution in [-0.4, -0.2) is 36.1 Å². The molecule has 0 aromatic heterocycles. The highest BCUT2D eigenvalue weighted by Crippen LogP contribution is 2.12. The lowest BCUT2D eigenvalue weighted by atomic mass is 10.2. The van der Waals surface area contributed by atoms with E-state index < -0.39 is 5.60 Å². The SMILES string of the molecule is C=C(C(=O)OC(C)(C)C)N(CC)CCN. The van der Waals surface area contributed by atoms with Gasteiger partial charge in [-0.05, 0) is 27.7 Å². The van der Waals surface area contributed by atoms with Crippen molar-refractivity contribution in [3.05, 3.63) is 12.3 Å². The van der Waals surface area contributed by atoms with Gasteiger partial charge < -0.3 is 15.4 Å². The zero-order chi connectivity index (χ0) is 12.1. The van der Waals surface area contributed by atoms with Gasteiger partial charge in [-0.1, -0.05) is 6.58 Å². The maximum Gasteiger partial charge on any atom is 0.354 e. The van der Waals surface area contributed by atoms with E-state index in [2.05, 4.69) is 6.58 Å². The van der Waals surface area contributed by atoms with Crippen molar-refractivity contribution in [3.63, 3.8) is 0 Å². The Bertz CT molecular complexity index is 231. The molecule has 0 spiro atoms. The molecule has 0 unspecified atom stereocenters. The normalized spacial score (nSPS) is 11.0. The third kappa shape index (κ3) is 5.42. The van der Waals surface area contributed by atoms with Crippen molar-refractivity contribution in [2.45, 2.75) is 33.3 Å². The Morgan fingerprint density at radius 2 is 2.00 bits per heavy atom. The summed E-state index contributed by atoms with van der Waals surface area (Å²) in [6, 6.07) is 0. The van der Waals surface area contributed by atoms with Gasteiger partial charge in [-0.25, -0.2) is 4.79 Å². The smallest absolute Gasteiger partial charge is 0.354 e. The molecule has 0 heterocycles. The summed E-state index contributed by atoms with van der Waals surface area (Å²) in [6.07, 6.45) is 0. The molecule has 0 amide bonds. The first-order valence-corrected chi connectivity index (χ1v) is 5.19. The van der Waals surface area contributed by atoms with Crippen molar-refractivity contribution in [3.8, 4) is 0 Å². The molecular weight excluding hydrogens is 192 g/mol. The highest BCUT2D eigenvalue weighted by Gasteiger charge is 2.21. The average molecular weight is 214 g/mol. The van der Waals surface area contributed by atoms with Crippen LogP contribution in [0.15, 0.2) is 12.3 Å². The minimum atomic E-state index is -0.484. The molecule has 0 saturated carbocycles. The number of ether oxygens (including phenoxy) is 1. The van der Waals surface area contributed by atoms with Gasteiger partial charge in [-0.3, -0.25) is 0 Å². The second-order valence-corrected chi connectivity index (χ2v) is 4.32. The zero-order valence-corrected chi connectivity index (χ0v) is 10.2. The molecular formula is C11H22N2O2. The second-order valence-electron chi connectivity index (χ2n) is 4.32. The Labute approximate surface area is 92.1 Å². The number of nitrogens with zero attached hydrogens (tertiary/aromatic N) is 1. The molecule has 0 fully saturated rings. The molecule has 0 radical (unpaired) electrons. The summed E-state index contributed by atoms with van der Waals surface area (Å²) in [4.78, 5) is 13.4. The molecule has 0 aromatic carbocycles. The van der Waals surface area contributed by atoms with Gasteiger partial charge in [0.05, 0.1) is 0 Å². The summed E-state index contributed by atoms with van der Waals surface area (Å²) in [7, 11) is 0. The molecule has 4 nitrogen and oxygen atoms in total. The molecule has 2 N–H and O–H groups in total. The number of likely N-dealkylation sites (N-methyl/N-ethyl adjacent to an activating group) is 1. The largest absolute Gasteiger partial charge is 0.455 e. The van der Waals surface area contributed by atoms with E-state index in [1.165, 1.54) is 0 Å². The van der Waals surface area contributed by atoms with Crippen molar-refractivity contribution >= 4 is 5.97 Å². The van der Waals surface area contributed by atoms with E-state index in [1.807, 2.05) is 32.6 Å². The van der Waals surface area contributed by atoms with Crippen molar-refractivity contribution < 1.29 is 9.53 Å². The van der Waals surface area contributed by atoms with E-state index in [9.17, 15) is 4.79 Å². The summed E-state index contributed by atoms with van der Waals surface area (Å²) in [5.74, 6) is -0.377. The Hall–Kier alpha value is -1.03. The highest BCUT2D eigenvalue weighted by molar-refractivity contribution is 5.87. The van der Waals surface area contributed by atoms with Crippen LogP contribution < -0.4 is 5.73 Å². The van der Waals surface area contributed by atoms with Crippen LogP contribution in [0.2, 0.25) is 0 Å². The number of hydrogen-bond donors (Lipinski definition) is 1. The van der Waals surface area contributed by atoms with Crippen molar-refractivity contribution in [2.75, 3.05) is 19.6 Å². The molecule has 0 atom stereocenters. The molecule has 0 bridgehead atoms. The number of hydrogen-bond acceptors (Lipinski definition) is 4. The first-order chi connectivity index (χ1) is 6.81. The maximum absolute atomic E-state index is 11.6. The van der Waals surface area contributed by atoms with E-state index in [1.54, 1.807) is 0 Å². The third-order valence-corrected chi connectivity index (χ3v) is 1.80. The molecule has 88 valence electrons. The van der Waals surface area contributed by atoms with Crippen LogP contribution in [-0.2, 0) is 9.53 Å². The number of nitrogens with two attached hydrogens (primary N) is 1. The lowest BCUT2D eigenvalue weighted by molar-refractivity contribution is -0.151. The van der Waals surface area contributed by atoms with Gasteiger partial charge >= 0.3 is 5.97 Å². The lowest BCUT2D eigenvalue weighted by Crippen LogP contribution is -2.35. The first-order valence-electron chi connectivity index (χ1n) is 5.19. The van der Waals surface area contributed by atoms with Crippen molar-refractivity contribution in [1.82, 2.24) is 4.90 Å². The molecule has 0 aliphatic carbocycles. The Morgan fingerprint density at radius 1 is 1.47 bits per heavy atom. The van der Waals surface area contributed by atoms with Gasteiger partial charge in [0.1, 0.15) is 11.3 Å². The summed E-state index contributed by atoms with van der Waals surface area (Å²) < 4.78 is 5.21. The zero-order valence-electron chi connectivity index (χ0n) is 10.2. The molecule has 0 aliphatic rings. The quantitative estimate of drug-likeness (QED) is 0.550. The number of rotatable bonds is 5. The Balaban J connectivity index is 4.36. The number of esters is 1. The van der Waals surface area contributed by atoms with Crippen molar-refractivity contribution in [1.29, 1.82) is 0 Å². The summed E-state index contributed by atoms with van der Waals surface area (Å²) in [5, 5.41) is 0.